The van der Waals surface area contributed by atoms with E-state index in [9.17, 15) is 9.59 Å². The third-order valence-electron chi connectivity index (χ3n) is 1.97. The Morgan fingerprint density at radius 3 is 2.11 bits per heavy atom. The standard InChI is InChI=1S/C11H22N2O5/c1-4-16-8(17-5-2)7-13-10(14)9(12)11(15)18-6-3/h8-9H,4-7,12H2,1-3H3,(H,13,14). The number of amides is 1. The summed E-state index contributed by atoms with van der Waals surface area (Å²) in [7, 11) is 0. The first-order chi connectivity index (χ1) is 8.56. The minimum absolute atomic E-state index is 0.133. The molecular formula is C11H22N2O5. The smallest absolute Gasteiger partial charge is 0.332 e. The highest BCUT2D eigenvalue weighted by molar-refractivity contribution is 6.01. The molecule has 0 heterocycles. The Hall–Kier alpha value is -1.18. The van der Waals surface area contributed by atoms with E-state index >= 15 is 0 Å². The van der Waals surface area contributed by atoms with E-state index in [0.717, 1.165) is 0 Å². The molecule has 1 unspecified atom stereocenters. The maximum Gasteiger partial charge on any atom is 0.332 e. The molecule has 0 aliphatic carbocycles. The molecule has 7 heteroatoms. The van der Waals surface area contributed by atoms with Crippen molar-refractivity contribution in [1.82, 2.24) is 5.32 Å². The summed E-state index contributed by atoms with van der Waals surface area (Å²) in [6.45, 7) is 6.52. The van der Waals surface area contributed by atoms with Gasteiger partial charge in [0.05, 0.1) is 13.2 Å². The Kier molecular flexibility index (Phi) is 9.17. The van der Waals surface area contributed by atoms with E-state index in [4.69, 9.17) is 15.2 Å². The van der Waals surface area contributed by atoms with Crippen LogP contribution in [0, 0.1) is 0 Å². The number of rotatable bonds is 9. The number of nitrogens with one attached hydrogen (secondary N) is 1. The Balaban J connectivity index is 4.09. The molecule has 0 saturated heterocycles. The second-order valence-corrected chi connectivity index (χ2v) is 3.32. The van der Waals surface area contributed by atoms with Crippen LogP contribution in [0.3, 0.4) is 0 Å². The molecule has 0 bridgehead atoms. The lowest BCUT2D eigenvalue weighted by Crippen LogP contribution is -2.49. The summed E-state index contributed by atoms with van der Waals surface area (Å²) in [6.07, 6.45) is -0.543. The summed E-state index contributed by atoms with van der Waals surface area (Å²) in [5.74, 6) is -1.36. The molecule has 0 fully saturated rings. The van der Waals surface area contributed by atoms with E-state index in [-0.39, 0.29) is 13.2 Å². The zero-order valence-corrected chi connectivity index (χ0v) is 11.1. The summed E-state index contributed by atoms with van der Waals surface area (Å²) in [6, 6.07) is -1.33. The maximum absolute atomic E-state index is 11.5. The van der Waals surface area contributed by atoms with Crippen LogP contribution in [0.2, 0.25) is 0 Å². The van der Waals surface area contributed by atoms with Crippen LogP contribution in [0.25, 0.3) is 0 Å². The average molecular weight is 262 g/mol. The lowest BCUT2D eigenvalue weighted by atomic mass is 10.3. The van der Waals surface area contributed by atoms with Crippen LogP contribution in [-0.4, -0.2) is 50.6 Å². The van der Waals surface area contributed by atoms with Gasteiger partial charge in [0.1, 0.15) is 0 Å². The molecule has 0 saturated carbocycles. The van der Waals surface area contributed by atoms with Crippen molar-refractivity contribution in [2.24, 2.45) is 5.73 Å². The molecule has 0 spiro atoms. The van der Waals surface area contributed by atoms with Crippen LogP contribution < -0.4 is 11.1 Å². The van der Waals surface area contributed by atoms with Crippen molar-refractivity contribution in [3.8, 4) is 0 Å². The summed E-state index contributed by atoms with van der Waals surface area (Å²) in [5.41, 5.74) is 5.41. The van der Waals surface area contributed by atoms with Gasteiger partial charge in [-0.2, -0.15) is 0 Å². The number of hydrogen-bond acceptors (Lipinski definition) is 6. The molecule has 0 aromatic heterocycles. The van der Waals surface area contributed by atoms with E-state index in [0.29, 0.717) is 13.2 Å². The van der Waals surface area contributed by atoms with Crippen molar-refractivity contribution >= 4 is 11.9 Å². The van der Waals surface area contributed by atoms with E-state index in [2.05, 4.69) is 10.1 Å². The van der Waals surface area contributed by atoms with Crippen molar-refractivity contribution in [2.75, 3.05) is 26.4 Å². The molecule has 0 rings (SSSR count). The third-order valence-corrected chi connectivity index (χ3v) is 1.97. The maximum atomic E-state index is 11.5. The molecule has 18 heavy (non-hydrogen) atoms. The predicted molar refractivity (Wildman–Crippen MR) is 64.7 cm³/mol. The third kappa shape index (κ3) is 6.53. The van der Waals surface area contributed by atoms with Gasteiger partial charge < -0.3 is 25.3 Å². The van der Waals surface area contributed by atoms with Gasteiger partial charge in [-0.1, -0.05) is 0 Å². The van der Waals surface area contributed by atoms with Gasteiger partial charge in [0, 0.05) is 13.2 Å². The number of carbonyl (C=O) groups is 2. The SMILES string of the molecule is CCOC(=O)C(N)C(=O)NCC(OCC)OCC. The summed E-state index contributed by atoms with van der Waals surface area (Å²) in [5, 5.41) is 2.48. The van der Waals surface area contributed by atoms with Crippen LogP contribution in [0.1, 0.15) is 20.8 Å². The molecule has 1 atom stereocenters. The van der Waals surface area contributed by atoms with E-state index < -0.39 is 24.2 Å². The first kappa shape index (κ1) is 16.8. The molecular weight excluding hydrogens is 240 g/mol. The van der Waals surface area contributed by atoms with E-state index in [1.54, 1.807) is 6.92 Å². The van der Waals surface area contributed by atoms with Crippen molar-refractivity contribution in [1.29, 1.82) is 0 Å². The van der Waals surface area contributed by atoms with Gasteiger partial charge in [0.15, 0.2) is 12.3 Å². The van der Waals surface area contributed by atoms with E-state index in [1.165, 1.54) is 0 Å². The van der Waals surface area contributed by atoms with Crippen molar-refractivity contribution in [3.63, 3.8) is 0 Å². The topological polar surface area (TPSA) is 99.9 Å². The first-order valence-corrected chi connectivity index (χ1v) is 5.99. The minimum atomic E-state index is -1.33. The van der Waals surface area contributed by atoms with Gasteiger partial charge in [0.25, 0.3) is 0 Å². The fourth-order valence-corrected chi connectivity index (χ4v) is 1.17. The van der Waals surface area contributed by atoms with Crippen LogP contribution in [0.4, 0.5) is 0 Å². The normalized spacial score (nSPS) is 12.3. The van der Waals surface area contributed by atoms with Crippen LogP contribution in [0.15, 0.2) is 0 Å². The summed E-state index contributed by atoms with van der Waals surface area (Å²) in [4.78, 5) is 22.7. The van der Waals surface area contributed by atoms with Gasteiger partial charge in [-0.3, -0.25) is 4.79 Å². The van der Waals surface area contributed by atoms with Gasteiger partial charge >= 0.3 is 5.97 Å². The van der Waals surface area contributed by atoms with Gasteiger partial charge in [-0.25, -0.2) is 4.79 Å². The Bertz CT molecular complexity index is 254. The lowest BCUT2D eigenvalue weighted by Gasteiger charge is -2.18. The van der Waals surface area contributed by atoms with Crippen molar-refractivity contribution < 1.29 is 23.8 Å². The monoisotopic (exact) mass is 262 g/mol. The zero-order chi connectivity index (χ0) is 14.0. The fraction of sp³-hybridized carbons (Fsp3) is 0.818. The molecule has 0 aliphatic heterocycles. The molecule has 3 N–H and O–H groups in total. The lowest BCUT2D eigenvalue weighted by molar-refractivity contribution is -0.151. The van der Waals surface area contributed by atoms with Crippen LogP contribution >= 0.6 is 0 Å². The number of ether oxygens (including phenoxy) is 3. The van der Waals surface area contributed by atoms with E-state index in [1.807, 2.05) is 13.8 Å². The van der Waals surface area contributed by atoms with Gasteiger partial charge in [0.2, 0.25) is 5.91 Å². The highest BCUT2D eigenvalue weighted by Crippen LogP contribution is 1.94. The highest BCUT2D eigenvalue weighted by atomic mass is 16.7. The second kappa shape index (κ2) is 9.81. The average Bonchev–Trinajstić information content (AvgIpc) is 2.35. The largest absolute Gasteiger partial charge is 0.464 e. The minimum Gasteiger partial charge on any atom is -0.464 e. The fourth-order valence-electron chi connectivity index (χ4n) is 1.17. The molecule has 0 radical (unpaired) electrons. The number of hydrogen-bond donors (Lipinski definition) is 2. The Labute approximate surface area is 107 Å². The Morgan fingerprint density at radius 2 is 1.67 bits per heavy atom. The van der Waals surface area contributed by atoms with Crippen LogP contribution in [-0.2, 0) is 23.8 Å². The molecule has 1 amide bonds. The first-order valence-electron chi connectivity index (χ1n) is 5.99. The summed E-state index contributed by atoms with van der Waals surface area (Å²) < 4.78 is 15.1. The molecule has 0 aromatic rings. The Morgan fingerprint density at radius 1 is 1.11 bits per heavy atom. The van der Waals surface area contributed by atoms with Gasteiger partial charge in [-0.05, 0) is 20.8 Å². The van der Waals surface area contributed by atoms with Crippen molar-refractivity contribution in [3.05, 3.63) is 0 Å². The number of carbonyl (C=O) groups excluding carboxylic acids is 2. The quantitative estimate of drug-likeness (QED) is 0.327. The predicted octanol–water partition coefficient (Wildman–Crippen LogP) is -0.608. The highest BCUT2D eigenvalue weighted by Gasteiger charge is 2.23. The molecule has 0 aliphatic rings. The van der Waals surface area contributed by atoms with Crippen LogP contribution in [0.5, 0.6) is 0 Å². The number of nitrogens with two attached hydrogens (primary N) is 1. The molecule has 0 aromatic carbocycles. The second-order valence-electron chi connectivity index (χ2n) is 3.32. The molecule has 7 nitrogen and oxygen atoms in total. The number of esters is 1. The van der Waals surface area contributed by atoms with Gasteiger partial charge in [-0.15, -0.1) is 0 Å². The van der Waals surface area contributed by atoms with Crippen molar-refractivity contribution in [2.45, 2.75) is 33.1 Å². The zero-order valence-electron chi connectivity index (χ0n) is 11.1. The summed E-state index contributed by atoms with van der Waals surface area (Å²) >= 11 is 0. The molecule has 106 valence electrons.